The average Bonchev–Trinajstić information content (AvgIpc) is 3.04. The number of amides is 1. The van der Waals surface area contributed by atoms with E-state index in [1.807, 2.05) is 0 Å². The monoisotopic (exact) mass is 489 g/mol. The number of benzene rings is 2. The standard InChI is InChI=1S/C20H16Cl3F2N3O3/c1-2-30-17-8-12(4-6-16(17)31-20(24)25)19(29)26-18-15(23)10-28(27-18)9-11-3-5-13(21)14(22)7-11/h3-8,10,20H,2,9H2,1H3,(H,26,27,29). The Morgan fingerprint density at radius 2 is 1.87 bits per heavy atom. The zero-order valence-electron chi connectivity index (χ0n) is 16.0. The molecule has 0 bridgehead atoms. The van der Waals surface area contributed by atoms with E-state index >= 15 is 0 Å². The number of anilines is 1. The number of halogens is 5. The second-order valence-electron chi connectivity index (χ2n) is 6.20. The van der Waals surface area contributed by atoms with E-state index in [0.717, 1.165) is 5.56 Å². The third-order valence-corrected chi connectivity index (χ3v) is 5.01. The van der Waals surface area contributed by atoms with Gasteiger partial charge < -0.3 is 14.8 Å². The number of ether oxygens (including phenoxy) is 2. The second kappa shape index (κ2) is 10.2. The Bertz CT molecular complexity index is 1090. The molecular formula is C20H16Cl3F2N3O3. The number of aromatic nitrogens is 2. The topological polar surface area (TPSA) is 65.4 Å². The number of nitrogens with zero attached hydrogens (tertiary/aromatic N) is 2. The maximum atomic E-state index is 12.6. The molecule has 0 aliphatic carbocycles. The zero-order valence-corrected chi connectivity index (χ0v) is 18.3. The molecule has 0 unspecified atom stereocenters. The third kappa shape index (κ3) is 6.00. The first-order valence-corrected chi connectivity index (χ1v) is 10.1. The fraction of sp³-hybridized carbons (Fsp3) is 0.200. The first-order valence-electron chi connectivity index (χ1n) is 8.96. The van der Waals surface area contributed by atoms with Crippen LogP contribution in [0.25, 0.3) is 0 Å². The molecular weight excluding hydrogens is 475 g/mol. The van der Waals surface area contributed by atoms with E-state index in [-0.39, 0.29) is 34.5 Å². The minimum Gasteiger partial charge on any atom is -0.490 e. The van der Waals surface area contributed by atoms with Gasteiger partial charge in [0.25, 0.3) is 5.91 Å². The van der Waals surface area contributed by atoms with Gasteiger partial charge in [-0.05, 0) is 42.8 Å². The summed E-state index contributed by atoms with van der Waals surface area (Å²) in [6.45, 7) is -0.785. The van der Waals surface area contributed by atoms with Gasteiger partial charge in [-0.1, -0.05) is 40.9 Å². The van der Waals surface area contributed by atoms with Gasteiger partial charge >= 0.3 is 6.61 Å². The molecule has 31 heavy (non-hydrogen) atoms. The summed E-state index contributed by atoms with van der Waals surface area (Å²) in [6, 6.07) is 9.03. The Morgan fingerprint density at radius 3 is 2.55 bits per heavy atom. The Kier molecular flexibility index (Phi) is 7.59. The highest BCUT2D eigenvalue weighted by atomic mass is 35.5. The largest absolute Gasteiger partial charge is 0.490 e. The molecule has 164 valence electrons. The zero-order chi connectivity index (χ0) is 22.5. The lowest BCUT2D eigenvalue weighted by Crippen LogP contribution is -2.14. The van der Waals surface area contributed by atoms with Gasteiger partial charge in [-0.15, -0.1) is 0 Å². The SMILES string of the molecule is CCOc1cc(C(=O)Nc2nn(Cc3ccc(Cl)c(Cl)c3)cc2Cl)ccc1OC(F)F. The lowest BCUT2D eigenvalue weighted by atomic mass is 10.2. The predicted molar refractivity (Wildman–Crippen MR) is 115 cm³/mol. The van der Waals surface area contributed by atoms with Crippen LogP contribution in [0.5, 0.6) is 11.5 Å². The predicted octanol–water partition coefficient (Wildman–Crippen LogP) is 6.14. The van der Waals surface area contributed by atoms with Crippen molar-refractivity contribution in [1.29, 1.82) is 0 Å². The number of hydrogen-bond donors (Lipinski definition) is 1. The summed E-state index contributed by atoms with van der Waals surface area (Å²) < 4.78 is 36.3. The maximum Gasteiger partial charge on any atom is 0.387 e. The highest BCUT2D eigenvalue weighted by Crippen LogP contribution is 2.31. The van der Waals surface area contributed by atoms with Crippen molar-refractivity contribution in [2.45, 2.75) is 20.1 Å². The highest BCUT2D eigenvalue weighted by molar-refractivity contribution is 6.42. The second-order valence-corrected chi connectivity index (χ2v) is 7.42. The van der Waals surface area contributed by atoms with E-state index in [4.69, 9.17) is 39.5 Å². The van der Waals surface area contributed by atoms with Gasteiger partial charge in [0, 0.05) is 11.8 Å². The molecule has 0 spiro atoms. The number of carbonyl (C=O) groups is 1. The molecule has 3 rings (SSSR count). The van der Waals surface area contributed by atoms with Crippen LogP contribution in [-0.4, -0.2) is 28.9 Å². The van der Waals surface area contributed by atoms with Gasteiger partial charge in [0.15, 0.2) is 17.3 Å². The molecule has 6 nitrogen and oxygen atoms in total. The van der Waals surface area contributed by atoms with Crippen LogP contribution in [0.15, 0.2) is 42.6 Å². The van der Waals surface area contributed by atoms with Crippen LogP contribution in [0.4, 0.5) is 14.6 Å². The highest BCUT2D eigenvalue weighted by Gasteiger charge is 2.17. The van der Waals surface area contributed by atoms with E-state index in [2.05, 4.69) is 15.2 Å². The number of alkyl halides is 2. The molecule has 1 aromatic heterocycles. The molecule has 0 saturated heterocycles. The normalized spacial score (nSPS) is 10.9. The summed E-state index contributed by atoms with van der Waals surface area (Å²) in [5.74, 6) is -0.562. The van der Waals surface area contributed by atoms with Crippen molar-refractivity contribution >= 4 is 46.5 Å². The van der Waals surface area contributed by atoms with Crippen LogP contribution in [0.1, 0.15) is 22.8 Å². The molecule has 1 N–H and O–H groups in total. The lowest BCUT2D eigenvalue weighted by Gasteiger charge is -2.12. The van der Waals surface area contributed by atoms with E-state index in [1.54, 1.807) is 31.3 Å². The van der Waals surface area contributed by atoms with Crippen LogP contribution >= 0.6 is 34.8 Å². The number of rotatable bonds is 8. The van der Waals surface area contributed by atoms with Gasteiger partial charge in [0.2, 0.25) is 0 Å². The van der Waals surface area contributed by atoms with Crippen molar-refractivity contribution in [3.05, 3.63) is 68.8 Å². The molecule has 0 aliphatic heterocycles. The lowest BCUT2D eigenvalue weighted by molar-refractivity contribution is -0.0514. The van der Waals surface area contributed by atoms with E-state index in [9.17, 15) is 13.6 Å². The van der Waals surface area contributed by atoms with Crippen molar-refractivity contribution in [2.75, 3.05) is 11.9 Å². The van der Waals surface area contributed by atoms with Crippen molar-refractivity contribution in [3.8, 4) is 11.5 Å². The minimum atomic E-state index is -3.02. The molecule has 1 heterocycles. The van der Waals surface area contributed by atoms with Gasteiger partial charge in [-0.2, -0.15) is 13.9 Å². The minimum absolute atomic E-state index is 0.0201. The van der Waals surface area contributed by atoms with E-state index in [1.165, 1.54) is 22.9 Å². The Hall–Kier alpha value is -2.55. The first-order chi connectivity index (χ1) is 14.8. The fourth-order valence-corrected chi connectivity index (χ4v) is 3.20. The van der Waals surface area contributed by atoms with Crippen molar-refractivity contribution in [3.63, 3.8) is 0 Å². The van der Waals surface area contributed by atoms with Crippen molar-refractivity contribution < 1.29 is 23.0 Å². The van der Waals surface area contributed by atoms with Gasteiger partial charge in [-0.3, -0.25) is 9.48 Å². The smallest absolute Gasteiger partial charge is 0.387 e. The summed E-state index contributed by atoms with van der Waals surface area (Å²) in [4.78, 5) is 12.6. The third-order valence-electron chi connectivity index (χ3n) is 4.00. The van der Waals surface area contributed by atoms with Gasteiger partial charge in [-0.25, -0.2) is 0 Å². The van der Waals surface area contributed by atoms with Gasteiger partial charge in [0.1, 0.15) is 5.02 Å². The number of nitrogens with one attached hydrogen (secondary N) is 1. The molecule has 0 aliphatic rings. The summed E-state index contributed by atoms with van der Waals surface area (Å²) in [7, 11) is 0. The summed E-state index contributed by atoms with van der Waals surface area (Å²) >= 11 is 18.1. The summed E-state index contributed by atoms with van der Waals surface area (Å²) in [5.41, 5.74) is 0.989. The molecule has 3 aromatic rings. The molecule has 0 fully saturated rings. The average molecular weight is 491 g/mol. The number of hydrogen-bond acceptors (Lipinski definition) is 4. The fourth-order valence-electron chi connectivity index (χ4n) is 2.68. The first kappa shape index (κ1) is 23.1. The molecule has 0 saturated carbocycles. The molecule has 0 radical (unpaired) electrons. The Morgan fingerprint density at radius 1 is 1.10 bits per heavy atom. The van der Waals surface area contributed by atoms with Crippen LogP contribution in [0.3, 0.4) is 0 Å². The van der Waals surface area contributed by atoms with Crippen LogP contribution in [-0.2, 0) is 6.54 Å². The van der Waals surface area contributed by atoms with Crippen molar-refractivity contribution in [2.24, 2.45) is 0 Å². The summed E-state index contributed by atoms with van der Waals surface area (Å²) in [6.07, 6.45) is 1.55. The van der Waals surface area contributed by atoms with Crippen molar-refractivity contribution in [1.82, 2.24) is 9.78 Å². The van der Waals surface area contributed by atoms with Gasteiger partial charge in [0.05, 0.1) is 23.2 Å². The quantitative estimate of drug-likeness (QED) is 0.412. The molecule has 1 amide bonds. The summed E-state index contributed by atoms with van der Waals surface area (Å²) in [5, 5.41) is 7.92. The van der Waals surface area contributed by atoms with Crippen LogP contribution in [0, 0.1) is 0 Å². The van der Waals surface area contributed by atoms with Crippen LogP contribution < -0.4 is 14.8 Å². The maximum absolute atomic E-state index is 12.6. The molecule has 11 heteroatoms. The molecule has 2 aromatic carbocycles. The Balaban J connectivity index is 1.75. The molecule has 0 atom stereocenters. The Labute approximate surface area is 191 Å². The number of carbonyl (C=O) groups excluding carboxylic acids is 1. The van der Waals surface area contributed by atoms with E-state index < -0.39 is 12.5 Å². The van der Waals surface area contributed by atoms with Crippen LogP contribution in [0.2, 0.25) is 15.1 Å². The van der Waals surface area contributed by atoms with E-state index in [0.29, 0.717) is 16.6 Å².